The van der Waals surface area contributed by atoms with E-state index in [1.807, 2.05) is 38.1 Å². The molecule has 2 unspecified atom stereocenters. The summed E-state index contributed by atoms with van der Waals surface area (Å²) >= 11 is 0. The van der Waals surface area contributed by atoms with Gasteiger partial charge in [0.25, 0.3) is 5.56 Å². The Morgan fingerprint density at radius 2 is 2.12 bits per heavy atom. The molecule has 2 atom stereocenters. The van der Waals surface area contributed by atoms with Crippen LogP contribution in [0, 0.1) is 16.7 Å². The van der Waals surface area contributed by atoms with Gasteiger partial charge in [-0.05, 0) is 61.6 Å². The minimum absolute atomic E-state index is 0.0428. The maximum absolute atomic E-state index is 12.2. The third-order valence-electron chi connectivity index (χ3n) is 5.51. The Hall–Kier alpha value is -2.60. The van der Waals surface area contributed by atoms with E-state index in [1.165, 1.54) is 5.57 Å². The molecule has 1 aromatic heterocycles. The van der Waals surface area contributed by atoms with Crippen molar-refractivity contribution >= 4 is 10.9 Å². The number of nitriles is 1. The molecule has 0 bridgehead atoms. The fourth-order valence-electron chi connectivity index (χ4n) is 4.19. The van der Waals surface area contributed by atoms with Gasteiger partial charge in [-0.3, -0.25) is 4.79 Å². The Balaban J connectivity index is 2.02. The second-order valence-electron chi connectivity index (χ2n) is 8.10. The molecule has 0 fully saturated rings. The van der Waals surface area contributed by atoms with Crippen LogP contribution in [0.2, 0.25) is 0 Å². The van der Waals surface area contributed by atoms with Crippen molar-refractivity contribution < 1.29 is 0 Å². The molecule has 1 aliphatic rings. The smallest absolute Gasteiger partial charge is 0.251 e. The van der Waals surface area contributed by atoms with Crippen LogP contribution in [-0.4, -0.2) is 4.98 Å². The second kappa shape index (κ2) is 6.61. The van der Waals surface area contributed by atoms with Crippen LogP contribution in [0.15, 0.2) is 52.9 Å². The van der Waals surface area contributed by atoms with Gasteiger partial charge in [0.05, 0.1) is 11.5 Å². The fraction of sp³-hybridized carbons (Fsp3) is 0.391. The normalized spacial score (nSPS) is 21.9. The van der Waals surface area contributed by atoms with Crippen LogP contribution in [0.1, 0.15) is 51.7 Å². The minimum Gasteiger partial charge on any atom is -0.322 e. The van der Waals surface area contributed by atoms with Crippen molar-refractivity contribution in [2.45, 2.75) is 52.4 Å². The first-order chi connectivity index (χ1) is 12.3. The number of allylic oxidation sites excluding steroid dienone is 4. The van der Waals surface area contributed by atoms with E-state index in [4.69, 9.17) is 0 Å². The average Bonchev–Trinajstić information content (AvgIpc) is 2.59. The van der Waals surface area contributed by atoms with Gasteiger partial charge in [-0.2, -0.15) is 5.26 Å². The molecule has 1 aliphatic carbocycles. The zero-order valence-electron chi connectivity index (χ0n) is 16.0. The number of rotatable bonds is 4. The predicted molar refractivity (Wildman–Crippen MR) is 107 cm³/mol. The summed E-state index contributed by atoms with van der Waals surface area (Å²) in [5, 5.41) is 11.0. The van der Waals surface area contributed by atoms with Gasteiger partial charge < -0.3 is 4.98 Å². The van der Waals surface area contributed by atoms with Crippen LogP contribution in [-0.2, 0) is 11.8 Å². The molecule has 0 saturated carbocycles. The molecule has 1 aromatic carbocycles. The maximum Gasteiger partial charge on any atom is 0.251 e. The largest absolute Gasteiger partial charge is 0.322 e. The molecule has 0 amide bonds. The summed E-state index contributed by atoms with van der Waals surface area (Å²) in [5.41, 5.74) is 3.17. The first-order valence-electron chi connectivity index (χ1n) is 9.21. The highest BCUT2D eigenvalue weighted by molar-refractivity contribution is 5.80. The summed E-state index contributed by atoms with van der Waals surface area (Å²) in [7, 11) is 0. The minimum atomic E-state index is -0.620. The van der Waals surface area contributed by atoms with Gasteiger partial charge in [-0.15, -0.1) is 0 Å². The van der Waals surface area contributed by atoms with Crippen molar-refractivity contribution in [2.24, 2.45) is 5.41 Å². The molecule has 134 valence electrons. The Morgan fingerprint density at radius 3 is 2.77 bits per heavy atom. The molecule has 2 aromatic rings. The van der Waals surface area contributed by atoms with Crippen LogP contribution in [0.3, 0.4) is 0 Å². The number of nitrogens with zero attached hydrogens (tertiary/aromatic N) is 1. The first kappa shape index (κ1) is 18.2. The highest BCUT2D eigenvalue weighted by Gasteiger charge is 2.36. The summed E-state index contributed by atoms with van der Waals surface area (Å²) in [6.45, 7) is 8.33. The molecule has 1 heterocycles. The van der Waals surface area contributed by atoms with Crippen LogP contribution < -0.4 is 5.56 Å². The van der Waals surface area contributed by atoms with Crippen molar-refractivity contribution in [1.82, 2.24) is 4.98 Å². The van der Waals surface area contributed by atoms with Gasteiger partial charge in [0.2, 0.25) is 0 Å². The van der Waals surface area contributed by atoms with Crippen molar-refractivity contribution in [3.63, 3.8) is 0 Å². The van der Waals surface area contributed by atoms with E-state index in [-0.39, 0.29) is 11.0 Å². The van der Waals surface area contributed by atoms with Crippen molar-refractivity contribution in [3.8, 4) is 6.07 Å². The van der Waals surface area contributed by atoms with Gasteiger partial charge >= 0.3 is 0 Å². The van der Waals surface area contributed by atoms with Gasteiger partial charge in [-0.25, -0.2) is 0 Å². The van der Waals surface area contributed by atoms with Gasteiger partial charge in [0.15, 0.2) is 0 Å². The average molecular weight is 346 g/mol. The zero-order chi connectivity index (χ0) is 18.9. The number of aryl methyl sites for hydroxylation is 1. The van der Waals surface area contributed by atoms with Crippen molar-refractivity contribution in [2.75, 3.05) is 0 Å². The number of hydrogen-bond donors (Lipinski definition) is 1. The molecular formula is C23H26N2O. The molecular weight excluding hydrogens is 320 g/mol. The Bertz CT molecular complexity index is 1010. The Kier molecular flexibility index (Phi) is 4.63. The van der Waals surface area contributed by atoms with Crippen molar-refractivity contribution in [3.05, 3.63) is 69.5 Å². The molecule has 3 nitrogen and oxygen atoms in total. The molecule has 3 heteroatoms. The van der Waals surface area contributed by atoms with Crippen LogP contribution >= 0.6 is 0 Å². The third-order valence-corrected chi connectivity index (χ3v) is 5.51. The maximum atomic E-state index is 12.2. The van der Waals surface area contributed by atoms with Crippen LogP contribution in [0.4, 0.5) is 0 Å². The molecule has 0 radical (unpaired) electrons. The van der Waals surface area contributed by atoms with Crippen LogP contribution in [0.5, 0.6) is 0 Å². The number of pyridine rings is 1. The second-order valence-corrected chi connectivity index (χ2v) is 8.10. The molecule has 0 saturated heterocycles. The number of nitrogens with one attached hydrogen (secondary N) is 1. The van der Waals surface area contributed by atoms with E-state index in [9.17, 15) is 10.1 Å². The van der Waals surface area contributed by atoms with E-state index < -0.39 is 5.41 Å². The van der Waals surface area contributed by atoms with E-state index in [0.29, 0.717) is 6.42 Å². The fourth-order valence-corrected chi connectivity index (χ4v) is 4.19. The summed E-state index contributed by atoms with van der Waals surface area (Å²) in [6, 6.07) is 10.5. The predicted octanol–water partition coefficient (Wildman–Crippen LogP) is 5.17. The number of aromatic nitrogens is 1. The quantitative estimate of drug-likeness (QED) is 0.830. The van der Waals surface area contributed by atoms with Gasteiger partial charge in [0.1, 0.15) is 0 Å². The molecule has 0 spiro atoms. The molecule has 0 aliphatic heterocycles. The molecule has 26 heavy (non-hydrogen) atoms. The summed E-state index contributed by atoms with van der Waals surface area (Å²) in [6.07, 6.45) is 8.86. The highest BCUT2D eigenvalue weighted by Crippen LogP contribution is 2.43. The number of benzene rings is 1. The highest BCUT2D eigenvalue weighted by atomic mass is 16.1. The van der Waals surface area contributed by atoms with Crippen LogP contribution in [0.25, 0.3) is 10.9 Å². The Labute approximate surface area is 155 Å². The summed E-state index contributed by atoms with van der Waals surface area (Å²) < 4.78 is 0. The first-order valence-corrected chi connectivity index (χ1v) is 9.21. The van der Waals surface area contributed by atoms with E-state index in [1.54, 1.807) is 0 Å². The lowest BCUT2D eigenvalue weighted by Crippen LogP contribution is -2.30. The molecule has 1 N–H and O–H groups in total. The number of fused-ring (bicyclic) bond motifs is 1. The third kappa shape index (κ3) is 3.37. The zero-order valence-corrected chi connectivity index (χ0v) is 16.0. The summed E-state index contributed by atoms with van der Waals surface area (Å²) in [5.74, 6) is 0. The standard InChI is InChI=1S/C23H26N2O/c1-5-17-11-18-8-9-19(12-20(18)25-21(17)26)23(4,15-24)14-22(3)10-6-7-16(2)13-22/h6-12H,5,13-14H2,1-4H3,(H,25,26). The SMILES string of the molecule is CCc1cc2ccc(C(C)(C#N)CC3(C)C=CC=C(C)C3)cc2[nH]c1=O. The van der Waals surface area contributed by atoms with E-state index in [0.717, 1.165) is 34.9 Å². The Morgan fingerprint density at radius 1 is 1.35 bits per heavy atom. The lowest BCUT2D eigenvalue weighted by Gasteiger charge is -2.36. The van der Waals surface area contributed by atoms with E-state index >= 15 is 0 Å². The van der Waals surface area contributed by atoms with Gasteiger partial charge in [0, 0.05) is 11.1 Å². The lowest BCUT2D eigenvalue weighted by atomic mass is 9.67. The number of hydrogen-bond acceptors (Lipinski definition) is 2. The summed E-state index contributed by atoms with van der Waals surface area (Å²) in [4.78, 5) is 15.1. The monoisotopic (exact) mass is 346 g/mol. The number of aromatic amines is 1. The number of H-pyrrole nitrogens is 1. The molecule has 3 rings (SSSR count). The van der Waals surface area contributed by atoms with Gasteiger partial charge in [-0.1, -0.05) is 49.8 Å². The topological polar surface area (TPSA) is 56.6 Å². The van der Waals surface area contributed by atoms with Crippen molar-refractivity contribution in [1.29, 1.82) is 5.26 Å². The lowest BCUT2D eigenvalue weighted by molar-refractivity contribution is 0.317. The van der Waals surface area contributed by atoms with E-state index in [2.05, 4.69) is 43.1 Å².